The Labute approximate surface area is 187 Å². The van der Waals surface area contributed by atoms with Crippen LogP contribution in [0, 0.1) is 0 Å². The summed E-state index contributed by atoms with van der Waals surface area (Å²) in [5.41, 5.74) is 2.84. The van der Waals surface area contributed by atoms with Gasteiger partial charge in [-0.3, -0.25) is 4.79 Å². The van der Waals surface area contributed by atoms with E-state index in [1.807, 2.05) is 55.5 Å². The molecule has 0 radical (unpaired) electrons. The average Bonchev–Trinajstić information content (AvgIpc) is 3.45. The highest BCUT2D eigenvalue weighted by atomic mass is 32.2. The van der Waals surface area contributed by atoms with Crippen LogP contribution >= 0.6 is 11.8 Å². The molecule has 0 fully saturated rings. The highest BCUT2D eigenvalue weighted by molar-refractivity contribution is 7.99. The van der Waals surface area contributed by atoms with Crippen molar-refractivity contribution in [3.05, 3.63) is 54.6 Å². The van der Waals surface area contributed by atoms with Crippen molar-refractivity contribution in [3.63, 3.8) is 0 Å². The zero-order valence-corrected chi connectivity index (χ0v) is 18.0. The van der Waals surface area contributed by atoms with Gasteiger partial charge in [0.1, 0.15) is 5.75 Å². The topological polar surface area (TPSA) is 99.9 Å². The van der Waals surface area contributed by atoms with Crippen LogP contribution in [0.25, 0.3) is 16.9 Å². The zero-order chi connectivity index (χ0) is 21.9. The van der Waals surface area contributed by atoms with E-state index in [4.69, 9.17) is 14.2 Å². The lowest BCUT2D eigenvalue weighted by atomic mass is 10.1. The SMILES string of the molecule is CCOc1ccccc1NC(=O)CSc1nnc2ccc(-c3ccc4c(c3)OCO4)nn12. The van der Waals surface area contributed by atoms with Crippen LogP contribution in [0.5, 0.6) is 17.2 Å². The number of aromatic nitrogens is 4. The van der Waals surface area contributed by atoms with Gasteiger partial charge in [-0.1, -0.05) is 23.9 Å². The van der Waals surface area contributed by atoms with Crippen molar-refractivity contribution in [2.24, 2.45) is 0 Å². The number of nitrogens with one attached hydrogen (secondary N) is 1. The maximum atomic E-state index is 12.5. The van der Waals surface area contributed by atoms with Crippen LogP contribution in [-0.4, -0.2) is 44.9 Å². The number of fused-ring (bicyclic) bond motifs is 2. The molecule has 3 heterocycles. The summed E-state index contributed by atoms with van der Waals surface area (Å²) in [5, 5.41) is 16.4. The molecule has 4 aromatic rings. The van der Waals surface area contributed by atoms with Crippen LogP contribution in [0.4, 0.5) is 5.69 Å². The number of amides is 1. The minimum absolute atomic E-state index is 0.150. The fourth-order valence-electron chi connectivity index (χ4n) is 3.24. The second-order valence-corrected chi connectivity index (χ2v) is 7.75. The van der Waals surface area contributed by atoms with Crippen molar-refractivity contribution in [1.29, 1.82) is 0 Å². The summed E-state index contributed by atoms with van der Waals surface area (Å²) < 4.78 is 18.0. The standard InChI is InChI=1S/C22H19N5O4S/c1-2-29-17-6-4-3-5-16(17)23-21(28)12-32-22-25-24-20-10-8-15(26-27(20)22)14-7-9-18-19(11-14)31-13-30-18/h3-11H,2,12-13H2,1H3,(H,23,28). The number of thioether (sulfide) groups is 1. The molecule has 0 saturated carbocycles. The predicted molar refractivity (Wildman–Crippen MR) is 119 cm³/mol. The fraction of sp³-hybridized carbons (Fsp3) is 0.182. The number of nitrogens with zero attached hydrogens (tertiary/aromatic N) is 4. The normalized spacial score (nSPS) is 12.2. The van der Waals surface area contributed by atoms with Crippen LogP contribution in [0.15, 0.2) is 59.8 Å². The van der Waals surface area contributed by atoms with Gasteiger partial charge in [0.25, 0.3) is 0 Å². The number of para-hydroxylation sites is 2. The van der Waals surface area contributed by atoms with Gasteiger partial charge in [0.2, 0.25) is 17.9 Å². The van der Waals surface area contributed by atoms with E-state index in [0.29, 0.717) is 40.3 Å². The molecule has 162 valence electrons. The minimum atomic E-state index is -0.175. The average molecular weight is 449 g/mol. The summed E-state index contributed by atoms with van der Waals surface area (Å²) >= 11 is 1.26. The van der Waals surface area contributed by atoms with Crippen molar-refractivity contribution >= 4 is 29.0 Å². The number of benzene rings is 2. The van der Waals surface area contributed by atoms with Gasteiger partial charge in [-0.25, -0.2) is 0 Å². The molecule has 9 nitrogen and oxygen atoms in total. The van der Waals surface area contributed by atoms with E-state index in [1.165, 1.54) is 11.8 Å². The van der Waals surface area contributed by atoms with E-state index in [0.717, 1.165) is 11.3 Å². The van der Waals surface area contributed by atoms with Crippen LogP contribution in [0.1, 0.15) is 6.92 Å². The minimum Gasteiger partial charge on any atom is -0.492 e. The molecular weight excluding hydrogens is 430 g/mol. The van der Waals surface area contributed by atoms with Crippen molar-refractivity contribution in [3.8, 4) is 28.5 Å². The Hall–Kier alpha value is -3.79. The van der Waals surface area contributed by atoms with Gasteiger partial charge in [-0.2, -0.15) is 9.61 Å². The number of hydrogen-bond acceptors (Lipinski definition) is 8. The van der Waals surface area contributed by atoms with Crippen LogP contribution in [-0.2, 0) is 4.79 Å². The third-order valence-electron chi connectivity index (χ3n) is 4.70. The lowest BCUT2D eigenvalue weighted by Crippen LogP contribution is -2.15. The lowest BCUT2D eigenvalue weighted by molar-refractivity contribution is -0.113. The van der Waals surface area contributed by atoms with E-state index in [9.17, 15) is 4.79 Å². The number of hydrogen-bond donors (Lipinski definition) is 1. The molecule has 2 aromatic carbocycles. The van der Waals surface area contributed by atoms with E-state index in [1.54, 1.807) is 10.6 Å². The molecule has 0 unspecified atom stereocenters. The van der Waals surface area contributed by atoms with E-state index < -0.39 is 0 Å². The molecule has 1 N–H and O–H groups in total. The number of anilines is 1. The van der Waals surface area contributed by atoms with Gasteiger partial charge in [0.05, 0.1) is 23.7 Å². The van der Waals surface area contributed by atoms with Gasteiger partial charge < -0.3 is 19.5 Å². The third-order valence-corrected chi connectivity index (χ3v) is 5.62. The van der Waals surface area contributed by atoms with Crippen LogP contribution < -0.4 is 19.5 Å². The maximum absolute atomic E-state index is 12.5. The predicted octanol–water partition coefficient (Wildman–Crippen LogP) is 3.65. The number of rotatable bonds is 7. The quantitative estimate of drug-likeness (QED) is 0.427. The Balaban J connectivity index is 1.32. The highest BCUT2D eigenvalue weighted by Crippen LogP contribution is 2.35. The Morgan fingerprint density at radius 3 is 2.91 bits per heavy atom. The van der Waals surface area contributed by atoms with Crippen LogP contribution in [0.3, 0.4) is 0 Å². The maximum Gasteiger partial charge on any atom is 0.234 e. The molecule has 1 aliphatic heterocycles. The van der Waals surface area contributed by atoms with Gasteiger partial charge >= 0.3 is 0 Å². The molecule has 0 bridgehead atoms. The number of carbonyl (C=O) groups is 1. The van der Waals surface area contributed by atoms with Gasteiger partial charge in [0.15, 0.2) is 17.1 Å². The number of ether oxygens (including phenoxy) is 3. The lowest BCUT2D eigenvalue weighted by Gasteiger charge is -2.10. The first-order chi connectivity index (χ1) is 15.7. The summed E-state index contributed by atoms with van der Waals surface area (Å²) in [6.07, 6.45) is 0. The molecule has 0 saturated heterocycles. The summed E-state index contributed by atoms with van der Waals surface area (Å²) in [6.45, 7) is 2.63. The first-order valence-corrected chi connectivity index (χ1v) is 11.0. The second kappa shape index (κ2) is 8.75. The molecule has 5 rings (SSSR count). The fourth-order valence-corrected chi connectivity index (χ4v) is 3.92. The van der Waals surface area contributed by atoms with Crippen molar-refractivity contribution in [2.45, 2.75) is 12.1 Å². The van der Waals surface area contributed by atoms with E-state index >= 15 is 0 Å². The summed E-state index contributed by atoms with van der Waals surface area (Å²) in [6, 6.07) is 16.7. The smallest absolute Gasteiger partial charge is 0.234 e. The first kappa shape index (κ1) is 20.1. The van der Waals surface area contributed by atoms with E-state index in [2.05, 4.69) is 20.6 Å². The third kappa shape index (κ3) is 4.04. The Morgan fingerprint density at radius 1 is 1.12 bits per heavy atom. The number of carbonyl (C=O) groups excluding carboxylic acids is 1. The summed E-state index contributed by atoms with van der Waals surface area (Å²) in [7, 11) is 0. The highest BCUT2D eigenvalue weighted by Gasteiger charge is 2.16. The summed E-state index contributed by atoms with van der Waals surface area (Å²) in [5.74, 6) is 2.01. The Bertz CT molecular complexity index is 1290. The molecule has 0 aliphatic carbocycles. The summed E-state index contributed by atoms with van der Waals surface area (Å²) in [4.78, 5) is 12.5. The van der Waals surface area contributed by atoms with Crippen molar-refractivity contribution < 1.29 is 19.0 Å². The van der Waals surface area contributed by atoms with Gasteiger partial charge in [-0.05, 0) is 49.4 Å². The Kier molecular flexibility index (Phi) is 5.51. The molecule has 0 atom stereocenters. The van der Waals surface area contributed by atoms with Gasteiger partial charge in [0, 0.05) is 5.56 Å². The largest absolute Gasteiger partial charge is 0.492 e. The second-order valence-electron chi connectivity index (χ2n) is 6.81. The van der Waals surface area contributed by atoms with Crippen molar-refractivity contribution in [2.75, 3.05) is 24.5 Å². The molecule has 0 spiro atoms. The molecule has 1 amide bonds. The van der Waals surface area contributed by atoms with Gasteiger partial charge in [-0.15, -0.1) is 10.2 Å². The Morgan fingerprint density at radius 2 is 2.00 bits per heavy atom. The van der Waals surface area contributed by atoms with Crippen LogP contribution in [0.2, 0.25) is 0 Å². The molecule has 32 heavy (non-hydrogen) atoms. The van der Waals surface area contributed by atoms with Crippen molar-refractivity contribution in [1.82, 2.24) is 19.8 Å². The monoisotopic (exact) mass is 449 g/mol. The molecular formula is C22H19N5O4S. The molecule has 2 aromatic heterocycles. The first-order valence-electron chi connectivity index (χ1n) is 9.98. The molecule has 1 aliphatic rings. The molecule has 10 heteroatoms. The van der Waals surface area contributed by atoms with E-state index in [-0.39, 0.29) is 18.5 Å². The zero-order valence-electron chi connectivity index (χ0n) is 17.1.